The highest BCUT2D eigenvalue weighted by atomic mass is 16.7. The molecule has 1 N–H and O–H groups in total. The van der Waals surface area contributed by atoms with Gasteiger partial charge in [0.15, 0.2) is 5.79 Å². The van der Waals surface area contributed by atoms with E-state index < -0.39 is 0 Å². The van der Waals surface area contributed by atoms with Crippen LogP contribution in [0.25, 0.3) is 0 Å². The largest absolute Gasteiger partial charge is 0.382 e. The molecule has 1 aromatic carbocycles. The minimum absolute atomic E-state index is 0.256. The Hall–Kier alpha value is -1.10. The first kappa shape index (κ1) is 14.8. The van der Waals surface area contributed by atoms with E-state index in [2.05, 4.69) is 48.6 Å². The summed E-state index contributed by atoms with van der Waals surface area (Å²) >= 11 is 0. The van der Waals surface area contributed by atoms with Crippen LogP contribution in [-0.2, 0) is 16.0 Å². The van der Waals surface area contributed by atoms with Crippen molar-refractivity contribution in [2.45, 2.75) is 44.1 Å². The number of ether oxygens (including phenoxy) is 2. The van der Waals surface area contributed by atoms with Crippen molar-refractivity contribution in [2.24, 2.45) is 0 Å². The Labute approximate surface area is 127 Å². The number of hydrogen-bond donors (Lipinski definition) is 1. The van der Waals surface area contributed by atoms with Gasteiger partial charge in [0, 0.05) is 31.1 Å². The van der Waals surface area contributed by atoms with E-state index in [-0.39, 0.29) is 5.79 Å². The second-order valence-corrected chi connectivity index (χ2v) is 6.46. The van der Waals surface area contributed by atoms with Crippen molar-refractivity contribution in [3.63, 3.8) is 0 Å². The van der Waals surface area contributed by atoms with E-state index in [0.717, 1.165) is 45.4 Å². The molecule has 1 aromatic rings. The van der Waals surface area contributed by atoms with Crippen LogP contribution in [0.15, 0.2) is 24.3 Å². The molecule has 2 fully saturated rings. The minimum Gasteiger partial charge on any atom is -0.382 e. The molecule has 1 aliphatic carbocycles. The smallest absolute Gasteiger partial charge is 0.168 e. The van der Waals surface area contributed by atoms with Gasteiger partial charge in [-0.1, -0.05) is 12.1 Å². The summed E-state index contributed by atoms with van der Waals surface area (Å²) < 4.78 is 11.6. The molecule has 0 aromatic heterocycles. The van der Waals surface area contributed by atoms with Gasteiger partial charge in [0.2, 0.25) is 0 Å². The quantitative estimate of drug-likeness (QED) is 0.924. The van der Waals surface area contributed by atoms with Crippen LogP contribution >= 0.6 is 0 Å². The normalized spacial score (nSPS) is 22.0. The molecule has 1 saturated carbocycles. The molecule has 116 valence electrons. The molecule has 1 heterocycles. The molecule has 21 heavy (non-hydrogen) atoms. The van der Waals surface area contributed by atoms with E-state index in [9.17, 15) is 0 Å². The van der Waals surface area contributed by atoms with E-state index in [1.54, 1.807) is 0 Å². The predicted molar refractivity (Wildman–Crippen MR) is 84.3 cm³/mol. The highest BCUT2D eigenvalue weighted by molar-refractivity contribution is 5.45. The van der Waals surface area contributed by atoms with Crippen LogP contribution in [0.1, 0.15) is 31.2 Å². The molecule has 4 heteroatoms. The molecule has 0 radical (unpaired) electrons. The first-order valence-electron chi connectivity index (χ1n) is 7.93. The van der Waals surface area contributed by atoms with Gasteiger partial charge in [0.25, 0.3) is 0 Å². The van der Waals surface area contributed by atoms with Crippen LogP contribution in [0.4, 0.5) is 5.69 Å². The molecule has 0 bridgehead atoms. The second-order valence-electron chi connectivity index (χ2n) is 6.46. The highest BCUT2D eigenvalue weighted by Gasteiger charge is 2.40. The zero-order valence-electron chi connectivity index (χ0n) is 13.1. The number of anilines is 1. The molecule has 3 rings (SSSR count). The maximum atomic E-state index is 5.78. The van der Waals surface area contributed by atoms with Gasteiger partial charge in [-0.15, -0.1) is 0 Å². The third kappa shape index (κ3) is 3.76. The molecule has 0 atom stereocenters. The average Bonchev–Trinajstić information content (AvgIpc) is 2.92. The Kier molecular flexibility index (Phi) is 4.48. The standard InChI is InChI=1S/C17H26N2O2/c1-19(2)13-14-3-5-15(6-4-14)18-16-7-9-17(10-8-16)20-11-12-21-17/h3-6,16,18H,7-13H2,1-2H3. The third-order valence-corrected chi connectivity index (χ3v) is 4.38. The number of benzene rings is 1. The lowest BCUT2D eigenvalue weighted by Gasteiger charge is -2.36. The summed E-state index contributed by atoms with van der Waals surface area (Å²) in [4.78, 5) is 2.19. The van der Waals surface area contributed by atoms with Crippen LogP contribution in [0.5, 0.6) is 0 Å². The van der Waals surface area contributed by atoms with Gasteiger partial charge in [0.05, 0.1) is 13.2 Å². The number of nitrogens with one attached hydrogen (secondary N) is 1. The van der Waals surface area contributed by atoms with Gasteiger partial charge in [0.1, 0.15) is 0 Å². The Morgan fingerprint density at radius 1 is 1.10 bits per heavy atom. The Morgan fingerprint density at radius 2 is 1.71 bits per heavy atom. The van der Waals surface area contributed by atoms with Gasteiger partial charge in [-0.2, -0.15) is 0 Å². The van der Waals surface area contributed by atoms with Gasteiger partial charge < -0.3 is 19.7 Å². The summed E-state index contributed by atoms with van der Waals surface area (Å²) in [5, 5.41) is 3.64. The maximum Gasteiger partial charge on any atom is 0.168 e. The molecular weight excluding hydrogens is 264 g/mol. The van der Waals surface area contributed by atoms with Crippen molar-refractivity contribution in [2.75, 3.05) is 32.6 Å². The first-order valence-corrected chi connectivity index (χ1v) is 7.93. The van der Waals surface area contributed by atoms with Crippen LogP contribution in [0, 0.1) is 0 Å². The van der Waals surface area contributed by atoms with E-state index in [1.807, 2.05) is 0 Å². The second kappa shape index (κ2) is 6.34. The predicted octanol–water partition coefficient (Wildman–Crippen LogP) is 2.85. The molecule has 2 aliphatic rings. The molecule has 4 nitrogen and oxygen atoms in total. The summed E-state index contributed by atoms with van der Waals surface area (Å²) in [5.74, 6) is -0.256. The van der Waals surface area contributed by atoms with E-state index in [1.165, 1.54) is 11.3 Å². The van der Waals surface area contributed by atoms with Crippen molar-refractivity contribution in [1.29, 1.82) is 0 Å². The van der Waals surface area contributed by atoms with Gasteiger partial charge in [-0.25, -0.2) is 0 Å². The van der Waals surface area contributed by atoms with E-state index in [0.29, 0.717) is 6.04 Å². The molecule has 0 unspecified atom stereocenters. The monoisotopic (exact) mass is 290 g/mol. The lowest BCUT2D eigenvalue weighted by atomic mass is 9.90. The van der Waals surface area contributed by atoms with E-state index >= 15 is 0 Å². The van der Waals surface area contributed by atoms with Gasteiger partial charge in [-0.3, -0.25) is 0 Å². The lowest BCUT2D eigenvalue weighted by Crippen LogP contribution is -2.39. The van der Waals surface area contributed by atoms with Crippen molar-refractivity contribution in [1.82, 2.24) is 4.90 Å². The zero-order chi connectivity index (χ0) is 14.7. The summed E-state index contributed by atoms with van der Waals surface area (Å²) in [7, 11) is 4.19. The van der Waals surface area contributed by atoms with Crippen molar-refractivity contribution < 1.29 is 9.47 Å². The number of nitrogens with zero attached hydrogens (tertiary/aromatic N) is 1. The fraction of sp³-hybridized carbons (Fsp3) is 0.647. The lowest BCUT2D eigenvalue weighted by molar-refractivity contribution is -0.177. The zero-order valence-corrected chi connectivity index (χ0v) is 13.1. The van der Waals surface area contributed by atoms with Crippen molar-refractivity contribution in [3.8, 4) is 0 Å². The van der Waals surface area contributed by atoms with Crippen molar-refractivity contribution in [3.05, 3.63) is 29.8 Å². The topological polar surface area (TPSA) is 33.7 Å². The van der Waals surface area contributed by atoms with Crippen LogP contribution in [-0.4, -0.2) is 44.0 Å². The molecule has 0 amide bonds. The maximum absolute atomic E-state index is 5.78. The van der Waals surface area contributed by atoms with E-state index in [4.69, 9.17) is 9.47 Å². The summed E-state index contributed by atoms with van der Waals surface area (Å²) in [5.41, 5.74) is 2.56. The van der Waals surface area contributed by atoms with Crippen LogP contribution in [0.3, 0.4) is 0 Å². The molecular formula is C17H26N2O2. The van der Waals surface area contributed by atoms with Crippen LogP contribution < -0.4 is 5.32 Å². The summed E-state index contributed by atoms with van der Waals surface area (Å²) in [6.45, 7) is 2.50. The van der Waals surface area contributed by atoms with Crippen LogP contribution in [0.2, 0.25) is 0 Å². The summed E-state index contributed by atoms with van der Waals surface area (Å²) in [6, 6.07) is 9.31. The van der Waals surface area contributed by atoms with Gasteiger partial charge >= 0.3 is 0 Å². The Balaban J connectivity index is 1.51. The third-order valence-electron chi connectivity index (χ3n) is 4.38. The number of hydrogen-bond acceptors (Lipinski definition) is 4. The fourth-order valence-corrected chi connectivity index (χ4v) is 3.29. The Bertz CT molecular complexity index is 442. The number of rotatable bonds is 4. The highest BCUT2D eigenvalue weighted by Crippen LogP contribution is 2.36. The first-order chi connectivity index (χ1) is 10.2. The minimum atomic E-state index is -0.256. The Morgan fingerprint density at radius 3 is 2.29 bits per heavy atom. The van der Waals surface area contributed by atoms with Crippen molar-refractivity contribution >= 4 is 5.69 Å². The fourth-order valence-electron chi connectivity index (χ4n) is 3.29. The van der Waals surface area contributed by atoms with Gasteiger partial charge in [-0.05, 0) is 44.6 Å². The molecule has 1 saturated heterocycles. The molecule has 1 aliphatic heterocycles. The SMILES string of the molecule is CN(C)Cc1ccc(NC2CCC3(CC2)OCCO3)cc1. The summed E-state index contributed by atoms with van der Waals surface area (Å²) in [6.07, 6.45) is 4.23. The molecule has 1 spiro atoms. The average molecular weight is 290 g/mol.